The lowest BCUT2D eigenvalue weighted by atomic mass is 9.82. The van der Waals surface area contributed by atoms with Gasteiger partial charge >= 0.3 is 0 Å². The van der Waals surface area contributed by atoms with E-state index < -0.39 is 0 Å². The lowest BCUT2D eigenvalue weighted by Gasteiger charge is -2.28. The van der Waals surface area contributed by atoms with Crippen molar-refractivity contribution < 1.29 is 4.57 Å². The van der Waals surface area contributed by atoms with Crippen LogP contribution in [0, 0.1) is 17.8 Å². The van der Waals surface area contributed by atoms with E-state index in [1.54, 1.807) is 0 Å². The lowest BCUT2D eigenvalue weighted by Crippen LogP contribution is -2.32. The van der Waals surface area contributed by atoms with Crippen molar-refractivity contribution in [2.45, 2.75) is 90.9 Å². The van der Waals surface area contributed by atoms with Gasteiger partial charge in [0.15, 0.2) is 6.20 Å². The second-order valence-corrected chi connectivity index (χ2v) is 15.8. The Morgan fingerprint density at radius 1 is 0.775 bits per heavy atom. The second-order valence-electron chi connectivity index (χ2n) is 14.8. The Bertz CT molecular complexity index is 1830. The monoisotopic (exact) mass is 546 g/mol. The van der Waals surface area contributed by atoms with Crippen LogP contribution in [0.15, 0.2) is 64.5 Å². The van der Waals surface area contributed by atoms with E-state index in [0.717, 1.165) is 12.8 Å². The number of aromatic nitrogens is 1. The first-order valence-electron chi connectivity index (χ1n) is 14.9. The molecule has 206 valence electrons. The molecule has 6 rings (SSSR count). The van der Waals surface area contributed by atoms with E-state index in [1.807, 2.05) is 11.8 Å². The number of aryl methyl sites for hydroxylation is 2. The van der Waals surface area contributed by atoms with E-state index in [4.69, 9.17) is 0 Å². The summed E-state index contributed by atoms with van der Waals surface area (Å²) in [6.07, 6.45) is 4.41. The van der Waals surface area contributed by atoms with Crippen LogP contribution < -0.4 is 4.57 Å². The number of nitrogens with zero attached hydrogens (tertiary/aromatic N) is 1. The molecule has 0 saturated carbocycles. The average Bonchev–Trinajstić information content (AvgIpc) is 2.86. The second kappa shape index (κ2) is 9.35. The average molecular weight is 547 g/mol. The third kappa shape index (κ3) is 4.53. The minimum atomic E-state index is 0.185. The fraction of sp³-hybridized carbons (Fsp3) is 0.395. The van der Waals surface area contributed by atoms with Crippen LogP contribution >= 0.6 is 11.8 Å². The van der Waals surface area contributed by atoms with Crippen LogP contribution in [0.1, 0.15) is 83.6 Å². The van der Waals surface area contributed by atoms with Crippen molar-refractivity contribution in [3.05, 3.63) is 77.0 Å². The first kappa shape index (κ1) is 27.3. The molecule has 40 heavy (non-hydrogen) atoms. The first-order chi connectivity index (χ1) is 18.7. The molecule has 1 aromatic heterocycles. The van der Waals surface area contributed by atoms with Crippen molar-refractivity contribution in [1.29, 1.82) is 0 Å². The highest BCUT2D eigenvalue weighted by atomic mass is 32.2. The SMILES string of the molecule is Cc1c2c(c(CC(C)(C)C)c3ccc(C(C)C)cc13)Sc1cc3c(CC(C)(C)C)cccc3c3cc[n+](C)c-2c13. The normalized spacial score (nSPS) is 13.6. The van der Waals surface area contributed by atoms with Gasteiger partial charge in [-0.05, 0) is 86.4 Å². The Kier molecular flexibility index (Phi) is 6.39. The van der Waals surface area contributed by atoms with Gasteiger partial charge in [-0.2, -0.15) is 0 Å². The van der Waals surface area contributed by atoms with E-state index in [1.165, 1.54) is 75.6 Å². The van der Waals surface area contributed by atoms with E-state index >= 15 is 0 Å². The number of pyridine rings is 1. The highest BCUT2D eigenvalue weighted by Gasteiger charge is 2.33. The summed E-state index contributed by atoms with van der Waals surface area (Å²) in [5, 5.41) is 8.41. The van der Waals surface area contributed by atoms with Crippen LogP contribution in [0.25, 0.3) is 43.6 Å². The molecule has 0 bridgehead atoms. The van der Waals surface area contributed by atoms with Crippen molar-refractivity contribution in [2.24, 2.45) is 17.9 Å². The van der Waals surface area contributed by atoms with E-state index in [-0.39, 0.29) is 10.8 Å². The minimum absolute atomic E-state index is 0.185. The summed E-state index contributed by atoms with van der Waals surface area (Å²) >= 11 is 2.02. The maximum atomic E-state index is 2.51. The molecule has 1 aliphatic rings. The zero-order valence-electron chi connectivity index (χ0n) is 26.0. The molecule has 0 amide bonds. The van der Waals surface area contributed by atoms with Gasteiger partial charge in [0.2, 0.25) is 5.69 Å². The number of hydrogen-bond acceptors (Lipinski definition) is 1. The lowest BCUT2D eigenvalue weighted by molar-refractivity contribution is -0.659. The van der Waals surface area contributed by atoms with Gasteiger partial charge in [0.05, 0.1) is 10.9 Å². The first-order valence-corrected chi connectivity index (χ1v) is 15.7. The zero-order chi connectivity index (χ0) is 28.7. The van der Waals surface area contributed by atoms with Crippen molar-refractivity contribution in [2.75, 3.05) is 0 Å². The fourth-order valence-electron chi connectivity index (χ4n) is 6.74. The summed E-state index contributed by atoms with van der Waals surface area (Å²) < 4.78 is 2.38. The summed E-state index contributed by atoms with van der Waals surface area (Å²) in [7, 11) is 2.23. The molecular formula is C38H44NS+. The number of rotatable bonds is 3. The highest BCUT2D eigenvalue weighted by Crippen LogP contribution is 2.54. The quantitative estimate of drug-likeness (QED) is 0.158. The maximum absolute atomic E-state index is 2.51. The molecule has 2 heteroatoms. The molecular weight excluding hydrogens is 502 g/mol. The van der Waals surface area contributed by atoms with Crippen LogP contribution in [0.4, 0.5) is 0 Å². The zero-order valence-corrected chi connectivity index (χ0v) is 26.9. The van der Waals surface area contributed by atoms with Gasteiger partial charge in [0, 0.05) is 21.2 Å². The van der Waals surface area contributed by atoms with Crippen molar-refractivity contribution in [3.63, 3.8) is 0 Å². The Hall–Kier alpha value is -2.84. The molecule has 2 heterocycles. The Morgan fingerprint density at radius 2 is 1.50 bits per heavy atom. The fourth-order valence-corrected chi connectivity index (χ4v) is 8.10. The van der Waals surface area contributed by atoms with Gasteiger partial charge < -0.3 is 0 Å². The van der Waals surface area contributed by atoms with E-state index in [2.05, 4.69) is 129 Å². The number of hydrogen-bond donors (Lipinski definition) is 0. The van der Waals surface area contributed by atoms with Gasteiger partial charge in [0.1, 0.15) is 7.05 Å². The molecule has 0 saturated heterocycles. The Labute approximate surface area is 245 Å². The van der Waals surface area contributed by atoms with Gasteiger partial charge in [-0.1, -0.05) is 104 Å². The summed E-state index contributed by atoms with van der Waals surface area (Å²) in [5.41, 5.74) is 9.01. The van der Waals surface area contributed by atoms with Crippen LogP contribution in [-0.4, -0.2) is 0 Å². The maximum Gasteiger partial charge on any atom is 0.222 e. The highest BCUT2D eigenvalue weighted by molar-refractivity contribution is 8.00. The van der Waals surface area contributed by atoms with E-state index in [0.29, 0.717) is 5.92 Å². The van der Waals surface area contributed by atoms with Gasteiger partial charge in [-0.25, -0.2) is 4.57 Å². The third-order valence-corrected chi connectivity index (χ3v) is 9.72. The molecule has 0 radical (unpaired) electrons. The van der Waals surface area contributed by atoms with Crippen LogP contribution in [-0.2, 0) is 19.9 Å². The molecule has 0 unspecified atom stereocenters. The van der Waals surface area contributed by atoms with Crippen LogP contribution in [0.5, 0.6) is 0 Å². The molecule has 4 aromatic carbocycles. The topological polar surface area (TPSA) is 3.88 Å². The molecule has 0 aliphatic carbocycles. The standard InChI is InChI=1S/C38H44NS/c1-22(2)24-14-15-27-29(18-24)23(3)33-35-34-28(16-17-39(35)10)26-13-11-12-25(20-37(4,5)6)30(26)19-32(34)40-36(33)31(27)21-38(7,8)9/h11-19,22H,20-21H2,1-10H3/q+1. The minimum Gasteiger partial charge on any atom is -0.200 e. The molecule has 0 atom stereocenters. The van der Waals surface area contributed by atoms with Crippen LogP contribution in [0.2, 0.25) is 0 Å². The Balaban J connectivity index is 1.76. The van der Waals surface area contributed by atoms with Gasteiger partial charge in [-0.15, -0.1) is 0 Å². The van der Waals surface area contributed by atoms with Crippen molar-refractivity contribution >= 4 is 44.1 Å². The van der Waals surface area contributed by atoms with Crippen LogP contribution in [0.3, 0.4) is 0 Å². The van der Waals surface area contributed by atoms with Gasteiger partial charge in [0.25, 0.3) is 0 Å². The molecule has 0 N–H and O–H groups in total. The predicted octanol–water partition coefficient (Wildman–Crippen LogP) is 10.7. The molecule has 0 fully saturated rings. The summed E-state index contributed by atoms with van der Waals surface area (Å²) in [5.74, 6) is 0.509. The molecule has 5 aromatic rings. The number of benzene rings is 4. The van der Waals surface area contributed by atoms with E-state index in [9.17, 15) is 0 Å². The summed E-state index contributed by atoms with van der Waals surface area (Å²) in [6.45, 7) is 21.1. The predicted molar refractivity (Wildman–Crippen MR) is 175 cm³/mol. The molecule has 1 aliphatic heterocycles. The molecule has 1 nitrogen and oxygen atoms in total. The number of fused-ring (bicyclic) bond motifs is 5. The third-order valence-electron chi connectivity index (χ3n) is 8.52. The largest absolute Gasteiger partial charge is 0.222 e. The summed E-state index contributed by atoms with van der Waals surface area (Å²) in [6, 6.07) is 19.0. The van der Waals surface area contributed by atoms with Crippen molar-refractivity contribution in [3.8, 4) is 11.3 Å². The van der Waals surface area contributed by atoms with Gasteiger partial charge in [-0.3, -0.25) is 0 Å². The molecule has 0 spiro atoms. The van der Waals surface area contributed by atoms with Crippen molar-refractivity contribution in [1.82, 2.24) is 0 Å². The Morgan fingerprint density at radius 3 is 2.17 bits per heavy atom. The summed E-state index contributed by atoms with van der Waals surface area (Å²) in [4.78, 5) is 2.86. The smallest absolute Gasteiger partial charge is 0.200 e.